The van der Waals surface area contributed by atoms with Crippen LogP contribution in [-0.2, 0) is 9.53 Å². The molecule has 9 nitrogen and oxygen atoms in total. The Kier molecular flexibility index (Phi) is 7.96. The second kappa shape index (κ2) is 11.2. The number of carboxylic acid groups (broad SMARTS) is 1. The van der Waals surface area contributed by atoms with Crippen LogP contribution in [0.4, 0.5) is 30.5 Å². The summed E-state index contributed by atoms with van der Waals surface area (Å²) >= 11 is 0. The van der Waals surface area contributed by atoms with E-state index in [0.29, 0.717) is 5.95 Å². The van der Waals surface area contributed by atoms with Gasteiger partial charge in [0, 0.05) is 48.2 Å². The van der Waals surface area contributed by atoms with E-state index < -0.39 is 12.1 Å². The maximum absolute atomic E-state index is 12.8. The SMILES string of the molecule is Cc1cc(=O)n(C2CCCC2)c2nc(Nc3ccc(N4CCOCC4)cc3)ncc12.O=C(O)C(F)(F)F. The molecule has 0 bridgehead atoms. The Hall–Kier alpha value is -3.67. The van der Waals surface area contributed by atoms with Crippen molar-refractivity contribution in [3.05, 3.63) is 52.4 Å². The zero-order valence-electron chi connectivity index (χ0n) is 20.3. The average Bonchev–Trinajstić information content (AvgIpc) is 3.39. The number of nitrogens with zero attached hydrogens (tertiary/aromatic N) is 4. The van der Waals surface area contributed by atoms with Crippen LogP contribution in [0.25, 0.3) is 11.0 Å². The first-order valence-corrected chi connectivity index (χ1v) is 12.0. The van der Waals surface area contributed by atoms with Gasteiger partial charge in [0.15, 0.2) is 0 Å². The van der Waals surface area contributed by atoms with Crippen molar-refractivity contribution >= 4 is 34.3 Å². The van der Waals surface area contributed by atoms with Gasteiger partial charge in [-0.3, -0.25) is 9.36 Å². The lowest BCUT2D eigenvalue weighted by atomic mass is 10.1. The molecule has 198 valence electrons. The third kappa shape index (κ3) is 6.37. The number of anilines is 3. The molecule has 0 spiro atoms. The number of alkyl halides is 3. The molecule has 5 rings (SSSR count). The lowest BCUT2D eigenvalue weighted by Gasteiger charge is -2.28. The summed E-state index contributed by atoms with van der Waals surface area (Å²) in [5, 5.41) is 11.4. The van der Waals surface area contributed by atoms with Gasteiger partial charge in [-0.2, -0.15) is 18.2 Å². The first-order chi connectivity index (χ1) is 17.6. The van der Waals surface area contributed by atoms with Crippen molar-refractivity contribution in [2.24, 2.45) is 0 Å². The number of hydrogen-bond donors (Lipinski definition) is 2. The van der Waals surface area contributed by atoms with E-state index >= 15 is 0 Å². The molecular weight excluding hydrogens is 491 g/mol. The molecule has 1 aliphatic carbocycles. The van der Waals surface area contributed by atoms with Gasteiger partial charge < -0.3 is 20.1 Å². The molecule has 0 amide bonds. The van der Waals surface area contributed by atoms with Gasteiger partial charge in [0.05, 0.1) is 13.2 Å². The van der Waals surface area contributed by atoms with E-state index in [0.717, 1.165) is 74.3 Å². The normalized spacial score (nSPS) is 16.4. The summed E-state index contributed by atoms with van der Waals surface area (Å²) < 4.78 is 39.0. The fourth-order valence-corrected chi connectivity index (χ4v) is 4.55. The van der Waals surface area contributed by atoms with Crippen molar-refractivity contribution in [1.82, 2.24) is 14.5 Å². The Morgan fingerprint density at radius 3 is 2.35 bits per heavy atom. The van der Waals surface area contributed by atoms with E-state index in [1.165, 1.54) is 5.69 Å². The van der Waals surface area contributed by atoms with Crippen LogP contribution in [0.2, 0.25) is 0 Å². The van der Waals surface area contributed by atoms with Crippen molar-refractivity contribution in [3.63, 3.8) is 0 Å². The molecule has 0 unspecified atom stereocenters. The number of halogens is 3. The smallest absolute Gasteiger partial charge is 0.475 e. The molecule has 2 N–H and O–H groups in total. The van der Waals surface area contributed by atoms with Crippen LogP contribution in [0.3, 0.4) is 0 Å². The minimum atomic E-state index is -5.08. The van der Waals surface area contributed by atoms with Crippen molar-refractivity contribution in [1.29, 1.82) is 0 Å². The number of ether oxygens (including phenoxy) is 1. The van der Waals surface area contributed by atoms with Gasteiger partial charge >= 0.3 is 12.1 Å². The number of nitrogens with one attached hydrogen (secondary N) is 1. The highest BCUT2D eigenvalue weighted by Crippen LogP contribution is 2.31. The molecule has 1 saturated heterocycles. The number of aromatic nitrogens is 3. The van der Waals surface area contributed by atoms with E-state index in [1.807, 2.05) is 29.8 Å². The molecular formula is C25H28F3N5O4. The Labute approximate surface area is 210 Å². The van der Waals surface area contributed by atoms with Crippen LogP contribution in [-0.4, -0.2) is 58.1 Å². The summed E-state index contributed by atoms with van der Waals surface area (Å²) in [6.07, 6.45) is 1.14. The number of carbonyl (C=O) groups is 1. The number of pyridine rings is 1. The highest BCUT2D eigenvalue weighted by molar-refractivity contribution is 5.79. The number of aryl methyl sites for hydroxylation is 1. The quantitative estimate of drug-likeness (QED) is 0.521. The minimum absolute atomic E-state index is 0.0337. The maximum Gasteiger partial charge on any atom is 0.490 e. The molecule has 1 aromatic carbocycles. The molecule has 0 atom stereocenters. The highest BCUT2D eigenvalue weighted by Gasteiger charge is 2.38. The summed E-state index contributed by atoms with van der Waals surface area (Å²) in [4.78, 5) is 33.3. The number of aliphatic carboxylic acids is 1. The third-order valence-electron chi connectivity index (χ3n) is 6.43. The summed E-state index contributed by atoms with van der Waals surface area (Å²) in [7, 11) is 0. The lowest BCUT2D eigenvalue weighted by molar-refractivity contribution is -0.192. The summed E-state index contributed by atoms with van der Waals surface area (Å²) in [5.74, 6) is -2.24. The fraction of sp³-hybridized carbons (Fsp3) is 0.440. The molecule has 37 heavy (non-hydrogen) atoms. The number of benzene rings is 1. The largest absolute Gasteiger partial charge is 0.490 e. The minimum Gasteiger partial charge on any atom is -0.475 e. The number of carboxylic acids is 1. The highest BCUT2D eigenvalue weighted by atomic mass is 19.4. The molecule has 2 aliphatic rings. The zero-order chi connectivity index (χ0) is 26.6. The van der Waals surface area contributed by atoms with E-state index in [-0.39, 0.29) is 11.6 Å². The lowest BCUT2D eigenvalue weighted by Crippen LogP contribution is -2.36. The maximum atomic E-state index is 12.8. The predicted molar refractivity (Wildman–Crippen MR) is 132 cm³/mol. The van der Waals surface area contributed by atoms with Crippen molar-refractivity contribution in [2.75, 3.05) is 36.5 Å². The summed E-state index contributed by atoms with van der Waals surface area (Å²) in [6, 6.07) is 10.2. The number of fused-ring (bicyclic) bond motifs is 1. The topological polar surface area (TPSA) is 110 Å². The zero-order valence-corrected chi connectivity index (χ0v) is 20.3. The third-order valence-corrected chi connectivity index (χ3v) is 6.43. The van der Waals surface area contributed by atoms with Crippen LogP contribution in [0.1, 0.15) is 37.3 Å². The molecule has 0 radical (unpaired) electrons. The van der Waals surface area contributed by atoms with Crippen molar-refractivity contribution in [3.8, 4) is 0 Å². The van der Waals surface area contributed by atoms with Crippen molar-refractivity contribution < 1.29 is 27.8 Å². The van der Waals surface area contributed by atoms with Gasteiger partial charge in [-0.05, 0) is 49.6 Å². The van der Waals surface area contributed by atoms with Gasteiger partial charge in [0.2, 0.25) is 5.95 Å². The van der Waals surface area contributed by atoms with Crippen LogP contribution in [0.15, 0.2) is 41.3 Å². The molecule has 12 heteroatoms. The predicted octanol–water partition coefficient (Wildman–Crippen LogP) is 4.43. The van der Waals surface area contributed by atoms with Crippen LogP contribution in [0.5, 0.6) is 0 Å². The summed E-state index contributed by atoms with van der Waals surface area (Å²) in [6.45, 7) is 5.32. The van der Waals surface area contributed by atoms with Gasteiger partial charge in [-0.1, -0.05) is 12.8 Å². The number of hydrogen-bond acceptors (Lipinski definition) is 7. The molecule has 1 saturated carbocycles. The van der Waals surface area contributed by atoms with Crippen LogP contribution in [0, 0.1) is 6.92 Å². The Morgan fingerprint density at radius 1 is 1.14 bits per heavy atom. The van der Waals surface area contributed by atoms with Gasteiger partial charge in [0.25, 0.3) is 5.56 Å². The molecule has 3 aromatic rings. The van der Waals surface area contributed by atoms with E-state index in [1.54, 1.807) is 6.07 Å². The molecule has 2 fully saturated rings. The van der Waals surface area contributed by atoms with E-state index in [2.05, 4.69) is 27.3 Å². The average molecular weight is 520 g/mol. The van der Waals surface area contributed by atoms with Crippen LogP contribution >= 0.6 is 0 Å². The van der Waals surface area contributed by atoms with Crippen LogP contribution < -0.4 is 15.8 Å². The van der Waals surface area contributed by atoms with Crippen molar-refractivity contribution in [2.45, 2.75) is 44.8 Å². The second-order valence-electron chi connectivity index (χ2n) is 8.98. The number of rotatable bonds is 4. The first-order valence-electron chi connectivity index (χ1n) is 12.0. The van der Waals surface area contributed by atoms with E-state index in [4.69, 9.17) is 19.6 Å². The summed E-state index contributed by atoms with van der Waals surface area (Å²) in [5.41, 5.74) is 3.80. The fourth-order valence-electron chi connectivity index (χ4n) is 4.55. The van der Waals surface area contributed by atoms with E-state index in [9.17, 15) is 18.0 Å². The standard InChI is InChI=1S/C23H27N5O2.C2HF3O2/c1-16-14-21(29)28(19-4-2-3-5-19)22-20(16)15-24-23(26-22)25-17-6-8-18(9-7-17)27-10-12-30-13-11-27;3-2(4,5)1(6)7/h6-9,14-15,19H,2-5,10-13H2,1H3,(H,24,25,26);(H,6,7). The Bertz CT molecular complexity index is 1300. The monoisotopic (exact) mass is 519 g/mol. The van der Waals surface area contributed by atoms with Gasteiger partial charge in [0.1, 0.15) is 5.65 Å². The Balaban J connectivity index is 0.000000405. The first kappa shape index (κ1) is 26.4. The molecule has 2 aromatic heterocycles. The molecule has 1 aliphatic heterocycles. The molecule has 3 heterocycles. The Morgan fingerprint density at radius 2 is 1.76 bits per heavy atom. The van der Waals surface area contributed by atoms with Gasteiger partial charge in [-0.15, -0.1) is 0 Å². The number of morpholine rings is 1. The van der Waals surface area contributed by atoms with Gasteiger partial charge in [-0.25, -0.2) is 9.78 Å². The second-order valence-corrected chi connectivity index (χ2v) is 8.98.